The standard InChI is InChI=1S/C19H19NO3/c20-19(21)18-4-2-1-3-16(18)13-23-17-7-5-14(6-8-17)11-15-9-10-22-12-15/h1-8,11H,9-10,12-13H2,(H2,20,21)/b15-11-. The van der Waals surface area contributed by atoms with E-state index in [1.165, 1.54) is 5.57 Å². The minimum absolute atomic E-state index is 0.313. The maximum Gasteiger partial charge on any atom is 0.249 e. The van der Waals surface area contributed by atoms with Crippen LogP contribution in [0.3, 0.4) is 0 Å². The van der Waals surface area contributed by atoms with E-state index in [1.807, 2.05) is 36.4 Å². The van der Waals surface area contributed by atoms with Crippen LogP contribution in [0.4, 0.5) is 0 Å². The Morgan fingerprint density at radius 1 is 1.17 bits per heavy atom. The fraction of sp³-hybridized carbons (Fsp3) is 0.211. The lowest BCUT2D eigenvalue weighted by atomic mass is 10.1. The molecule has 1 saturated heterocycles. The van der Waals surface area contributed by atoms with Crippen LogP contribution < -0.4 is 10.5 Å². The number of amides is 1. The SMILES string of the molecule is NC(=O)c1ccccc1COc1ccc(/C=C2/CCOC2)cc1. The van der Waals surface area contributed by atoms with E-state index in [2.05, 4.69) is 6.08 Å². The molecule has 1 amide bonds. The topological polar surface area (TPSA) is 61.6 Å². The van der Waals surface area contributed by atoms with E-state index in [0.29, 0.717) is 12.2 Å². The van der Waals surface area contributed by atoms with E-state index in [0.717, 1.165) is 36.5 Å². The average Bonchev–Trinajstić information content (AvgIpc) is 3.07. The minimum atomic E-state index is -0.440. The lowest BCUT2D eigenvalue weighted by molar-refractivity contribution is 0.0998. The summed E-state index contributed by atoms with van der Waals surface area (Å²) in [7, 11) is 0. The van der Waals surface area contributed by atoms with E-state index < -0.39 is 5.91 Å². The van der Waals surface area contributed by atoms with Crippen LogP contribution in [-0.2, 0) is 11.3 Å². The monoisotopic (exact) mass is 309 g/mol. The number of hydrogen-bond donors (Lipinski definition) is 1. The highest BCUT2D eigenvalue weighted by Gasteiger charge is 2.08. The van der Waals surface area contributed by atoms with Crippen molar-refractivity contribution in [3.63, 3.8) is 0 Å². The predicted octanol–water partition coefficient (Wildman–Crippen LogP) is 3.17. The molecule has 4 nitrogen and oxygen atoms in total. The van der Waals surface area contributed by atoms with E-state index >= 15 is 0 Å². The maximum atomic E-state index is 11.4. The first-order chi connectivity index (χ1) is 11.2. The second-order valence-corrected chi connectivity index (χ2v) is 5.48. The summed E-state index contributed by atoms with van der Waals surface area (Å²) in [4.78, 5) is 11.4. The van der Waals surface area contributed by atoms with Gasteiger partial charge in [0.2, 0.25) is 5.91 Å². The Balaban J connectivity index is 1.65. The molecule has 23 heavy (non-hydrogen) atoms. The molecule has 1 aliphatic heterocycles. The molecule has 0 saturated carbocycles. The molecule has 0 aliphatic carbocycles. The summed E-state index contributed by atoms with van der Waals surface area (Å²) in [6, 6.07) is 15.1. The zero-order valence-corrected chi connectivity index (χ0v) is 12.8. The highest BCUT2D eigenvalue weighted by molar-refractivity contribution is 5.94. The molecule has 3 rings (SSSR count). The van der Waals surface area contributed by atoms with Crippen molar-refractivity contribution >= 4 is 12.0 Å². The summed E-state index contributed by atoms with van der Waals surface area (Å²) in [6.45, 7) is 1.85. The Labute approximate surface area is 135 Å². The molecule has 1 fully saturated rings. The molecule has 0 atom stereocenters. The highest BCUT2D eigenvalue weighted by Crippen LogP contribution is 2.19. The van der Waals surface area contributed by atoms with Crippen molar-refractivity contribution in [2.45, 2.75) is 13.0 Å². The van der Waals surface area contributed by atoms with Crippen LogP contribution in [-0.4, -0.2) is 19.1 Å². The second kappa shape index (κ2) is 7.11. The van der Waals surface area contributed by atoms with Gasteiger partial charge in [-0.2, -0.15) is 0 Å². The Hall–Kier alpha value is -2.59. The maximum absolute atomic E-state index is 11.4. The zero-order valence-electron chi connectivity index (χ0n) is 12.8. The molecular formula is C19H19NO3. The summed E-state index contributed by atoms with van der Waals surface area (Å²) in [6.07, 6.45) is 3.15. The average molecular weight is 309 g/mol. The number of hydrogen-bond acceptors (Lipinski definition) is 3. The number of benzene rings is 2. The van der Waals surface area contributed by atoms with Crippen molar-refractivity contribution < 1.29 is 14.3 Å². The van der Waals surface area contributed by atoms with Crippen molar-refractivity contribution in [1.29, 1.82) is 0 Å². The van der Waals surface area contributed by atoms with Gasteiger partial charge >= 0.3 is 0 Å². The van der Waals surface area contributed by atoms with Crippen LogP contribution in [0.15, 0.2) is 54.1 Å². The van der Waals surface area contributed by atoms with Gasteiger partial charge in [-0.05, 0) is 35.8 Å². The highest BCUT2D eigenvalue weighted by atomic mass is 16.5. The van der Waals surface area contributed by atoms with Crippen molar-refractivity contribution in [2.75, 3.05) is 13.2 Å². The number of nitrogens with two attached hydrogens (primary N) is 1. The van der Waals surface area contributed by atoms with Crippen LogP contribution in [0.1, 0.15) is 27.9 Å². The number of carbonyl (C=O) groups excluding carboxylic acids is 1. The normalized spacial score (nSPS) is 15.7. The van der Waals surface area contributed by atoms with Gasteiger partial charge in [0, 0.05) is 11.1 Å². The fourth-order valence-electron chi connectivity index (χ4n) is 2.54. The Bertz CT molecular complexity index is 712. The van der Waals surface area contributed by atoms with Gasteiger partial charge in [-0.25, -0.2) is 0 Å². The molecule has 118 valence electrons. The molecule has 0 bridgehead atoms. The predicted molar refractivity (Wildman–Crippen MR) is 89.1 cm³/mol. The van der Waals surface area contributed by atoms with Crippen LogP contribution in [0.25, 0.3) is 6.08 Å². The molecular weight excluding hydrogens is 290 g/mol. The summed E-state index contributed by atoms with van der Waals surface area (Å²) in [5, 5.41) is 0. The number of ether oxygens (including phenoxy) is 2. The Morgan fingerprint density at radius 2 is 1.96 bits per heavy atom. The molecule has 0 spiro atoms. The molecule has 0 unspecified atom stereocenters. The number of carbonyl (C=O) groups is 1. The van der Waals surface area contributed by atoms with Crippen LogP contribution in [0.5, 0.6) is 5.75 Å². The summed E-state index contributed by atoms with van der Waals surface area (Å²) in [5.74, 6) is 0.319. The third-order valence-corrected chi connectivity index (χ3v) is 3.78. The van der Waals surface area contributed by atoms with Crippen molar-refractivity contribution in [3.8, 4) is 5.75 Å². The summed E-state index contributed by atoms with van der Waals surface area (Å²) >= 11 is 0. The summed E-state index contributed by atoms with van der Waals surface area (Å²) < 4.78 is 11.1. The number of primary amides is 1. The molecule has 4 heteroatoms. The van der Waals surface area contributed by atoms with E-state index in [4.69, 9.17) is 15.2 Å². The molecule has 2 N–H and O–H groups in total. The number of rotatable bonds is 5. The smallest absolute Gasteiger partial charge is 0.249 e. The molecule has 1 aliphatic rings. The van der Waals surface area contributed by atoms with Gasteiger partial charge in [0.25, 0.3) is 0 Å². The van der Waals surface area contributed by atoms with E-state index in [1.54, 1.807) is 12.1 Å². The first-order valence-electron chi connectivity index (χ1n) is 7.60. The molecule has 1 heterocycles. The van der Waals surface area contributed by atoms with Gasteiger partial charge in [0.05, 0.1) is 13.2 Å². The fourth-order valence-corrected chi connectivity index (χ4v) is 2.54. The first kappa shape index (κ1) is 15.3. The van der Waals surface area contributed by atoms with Crippen LogP contribution >= 0.6 is 0 Å². The lowest BCUT2D eigenvalue weighted by Crippen LogP contribution is -2.14. The Kier molecular flexibility index (Phi) is 4.74. The zero-order chi connectivity index (χ0) is 16.1. The van der Waals surface area contributed by atoms with Crippen LogP contribution in [0, 0.1) is 0 Å². The van der Waals surface area contributed by atoms with Crippen LogP contribution in [0.2, 0.25) is 0 Å². The van der Waals surface area contributed by atoms with Gasteiger partial charge < -0.3 is 15.2 Å². The largest absolute Gasteiger partial charge is 0.489 e. The van der Waals surface area contributed by atoms with E-state index in [9.17, 15) is 4.79 Å². The molecule has 0 radical (unpaired) electrons. The van der Waals surface area contributed by atoms with Crippen molar-refractivity contribution in [1.82, 2.24) is 0 Å². The third kappa shape index (κ3) is 3.99. The van der Waals surface area contributed by atoms with Gasteiger partial charge in [-0.15, -0.1) is 0 Å². The molecule has 2 aromatic rings. The van der Waals surface area contributed by atoms with E-state index in [-0.39, 0.29) is 0 Å². The van der Waals surface area contributed by atoms with Gasteiger partial charge in [0.1, 0.15) is 12.4 Å². The third-order valence-electron chi connectivity index (χ3n) is 3.78. The van der Waals surface area contributed by atoms with Crippen molar-refractivity contribution in [2.24, 2.45) is 5.73 Å². The second-order valence-electron chi connectivity index (χ2n) is 5.48. The van der Waals surface area contributed by atoms with Crippen molar-refractivity contribution in [3.05, 3.63) is 70.8 Å². The van der Waals surface area contributed by atoms with Gasteiger partial charge in [-0.3, -0.25) is 4.79 Å². The van der Waals surface area contributed by atoms with Gasteiger partial charge in [-0.1, -0.05) is 36.4 Å². The summed E-state index contributed by atoms with van der Waals surface area (Å²) in [5.41, 5.74) is 9.10. The Morgan fingerprint density at radius 3 is 2.65 bits per heavy atom. The quantitative estimate of drug-likeness (QED) is 0.923. The first-order valence-corrected chi connectivity index (χ1v) is 7.60. The lowest BCUT2D eigenvalue weighted by Gasteiger charge is -2.09. The van der Waals surface area contributed by atoms with Gasteiger partial charge in [0.15, 0.2) is 0 Å². The minimum Gasteiger partial charge on any atom is -0.489 e. The molecule has 2 aromatic carbocycles. The molecule has 0 aromatic heterocycles.